The second kappa shape index (κ2) is 4.54. The van der Waals surface area contributed by atoms with Gasteiger partial charge in [0.2, 0.25) is 0 Å². The minimum Gasteiger partial charge on any atom is -0.351 e. The summed E-state index contributed by atoms with van der Waals surface area (Å²) >= 11 is 0. The number of nitrogens with zero attached hydrogens (tertiary/aromatic N) is 5. The monoisotopic (exact) mass is 283 g/mol. The number of anilines is 1. The molecule has 4 rings (SSSR count). The summed E-state index contributed by atoms with van der Waals surface area (Å²) in [4.78, 5) is 11.3. The van der Waals surface area contributed by atoms with Crippen LogP contribution in [0.4, 0.5) is 5.82 Å². The summed E-state index contributed by atoms with van der Waals surface area (Å²) in [5.74, 6) is 1.72. The summed E-state index contributed by atoms with van der Waals surface area (Å²) < 4.78 is 0. The first-order valence-corrected chi connectivity index (χ1v) is 7.18. The topological polar surface area (TPSA) is 86.4 Å². The fourth-order valence-electron chi connectivity index (χ4n) is 2.98. The molecule has 2 N–H and O–H groups in total. The number of aromatic nitrogens is 6. The number of hydrogen-bond acceptors (Lipinski definition) is 5. The predicted molar refractivity (Wildman–Crippen MR) is 79.1 cm³/mol. The molecule has 1 aliphatic rings. The molecule has 0 aromatic carbocycles. The zero-order valence-corrected chi connectivity index (χ0v) is 12.1. The first-order valence-electron chi connectivity index (χ1n) is 7.18. The Labute approximate surface area is 121 Å². The lowest BCUT2D eigenvalue weighted by atomic mass is 10.1. The minimum absolute atomic E-state index is 0.759. The average Bonchev–Trinajstić information content (AvgIpc) is 2.99. The van der Waals surface area contributed by atoms with Crippen molar-refractivity contribution in [1.29, 1.82) is 0 Å². The Kier molecular flexibility index (Phi) is 2.66. The number of hydrogen-bond donors (Lipinski definition) is 2. The fourth-order valence-corrected chi connectivity index (χ4v) is 2.98. The van der Waals surface area contributed by atoms with Crippen molar-refractivity contribution < 1.29 is 0 Å². The van der Waals surface area contributed by atoms with Gasteiger partial charge >= 0.3 is 0 Å². The molecule has 7 heteroatoms. The molecule has 0 saturated carbocycles. The first kappa shape index (κ1) is 12.3. The molecule has 0 radical (unpaired) electrons. The Morgan fingerprint density at radius 1 is 1.19 bits per heavy atom. The third kappa shape index (κ3) is 1.96. The van der Waals surface area contributed by atoms with Crippen LogP contribution in [-0.2, 0) is 13.0 Å². The Morgan fingerprint density at radius 3 is 3.00 bits per heavy atom. The van der Waals surface area contributed by atoms with Gasteiger partial charge in [0.05, 0.1) is 17.3 Å². The summed E-state index contributed by atoms with van der Waals surface area (Å²) in [5.41, 5.74) is 4.42. The lowest BCUT2D eigenvalue weighted by molar-refractivity contribution is 0.742. The minimum atomic E-state index is 0.759. The lowest BCUT2D eigenvalue weighted by Crippen LogP contribution is -2.24. The van der Waals surface area contributed by atoms with Gasteiger partial charge in [-0.2, -0.15) is 10.2 Å². The lowest BCUT2D eigenvalue weighted by Gasteiger charge is -2.22. The molecule has 7 nitrogen and oxygen atoms in total. The number of aryl methyl sites for hydroxylation is 3. The second-order valence-electron chi connectivity index (χ2n) is 5.53. The molecule has 0 atom stereocenters. The van der Waals surface area contributed by atoms with Gasteiger partial charge < -0.3 is 4.90 Å². The van der Waals surface area contributed by atoms with Crippen LogP contribution >= 0.6 is 0 Å². The molecule has 0 bridgehead atoms. The molecule has 3 aromatic heterocycles. The maximum absolute atomic E-state index is 4.65. The zero-order valence-electron chi connectivity index (χ0n) is 12.1. The van der Waals surface area contributed by atoms with E-state index in [1.165, 1.54) is 11.3 Å². The first-order chi connectivity index (χ1) is 10.2. The maximum Gasteiger partial charge on any atom is 0.161 e. The van der Waals surface area contributed by atoms with Crippen LogP contribution in [0.1, 0.15) is 29.2 Å². The molecule has 0 saturated heterocycles. The van der Waals surface area contributed by atoms with Crippen LogP contribution in [0.15, 0.2) is 6.20 Å². The van der Waals surface area contributed by atoms with E-state index in [0.29, 0.717) is 0 Å². The van der Waals surface area contributed by atoms with Gasteiger partial charge in [0, 0.05) is 24.3 Å². The van der Waals surface area contributed by atoms with Crippen molar-refractivity contribution in [3.8, 4) is 0 Å². The van der Waals surface area contributed by atoms with Crippen molar-refractivity contribution in [2.75, 3.05) is 11.4 Å². The van der Waals surface area contributed by atoms with Gasteiger partial charge in [-0.1, -0.05) is 0 Å². The molecule has 0 spiro atoms. The molecule has 1 aliphatic heterocycles. The van der Waals surface area contributed by atoms with E-state index in [0.717, 1.165) is 54.3 Å². The Balaban J connectivity index is 1.81. The molecule has 4 heterocycles. The SMILES string of the molecule is Cc1nc(N2CCCc3n[nH]c(C)c3C2)c2cn[nH]c2n1. The van der Waals surface area contributed by atoms with Crippen molar-refractivity contribution in [3.63, 3.8) is 0 Å². The molecule has 0 aliphatic carbocycles. The molecule has 0 amide bonds. The van der Waals surface area contributed by atoms with Gasteiger partial charge in [0.25, 0.3) is 0 Å². The van der Waals surface area contributed by atoms with Gasteiger partial charge in [-0.05, 0) is 26.7 Å². The van der Waals surface area contributed by atoms with Gasteiger partial charge in [0.15, 0.2) is 5.65 Å². The van der Waals surface area contributed by atoms with Crippen LogP contribution in [0.3, 0.4) is 0 Å². The van der Waals surface area contributed by atoms with Gasteiger partial charge in [-0.25, -0.2) is 9.97 Å². The second-order valence-corrected chi connectivity index (χ2v) is 5.53. The molecule has 108 valence electrons. The van der Waals surface area contributed by atoms with Crippen molar-refractivity contribution in [1.82, 2.24) is 30.4 Å². The highest BCUT2D eigenvalue weighted by Gasteiger charge is 2.22. The molecule has 21 heavy (non-hydrogen) atoms. The molecular formula is C14H17N7. The van der Waals surface area contributed by atoms with E-state index in [9.17, 15) is 0 Å². The van der Waals surface area contributed by atoms with Crippen molar-refractivity contribution in [2.45, 2.75) is 33.2 Å². The van der Waals surface area contributed by atoms with E-state index in [1.807, 2.05) is 6.92 Å². The van der Waals surface area contributed by atoms with E-state index >= 15 is 0 Å². The number of fused-ring (bicyclic) bond motifs is 2. The number of rotatable bonds is 1. The van der Waals surface area contributed by atoms with Crippen LogP contribution in [0.5, 0.6) is 0 Å². The zero-order chi connectivity index (χ0) is 14.4. The summed E-state index contributed by atoms with van der Waals surface area (Å²) in [6.07, 6.45) is 3.88. The standard InChI is InChI=1S/C14H17N7/c1-8-11-7-21(5-3-4-12(11)19-18-8)14-10-6-15-20-13(10)16-9(2)17-14/h6H,3-5,7H2,1-2H3,(H,18,19)(H,15,16,17,20). The molecule has 3 aromatic rings. The van der Waals surface area contributed by atoms with Crippen molar-refractivity contribution in [2.24, 2.45) is 0 Å². The summed E-state index contributed by atoms with van der Waals surface area (Å²) in [5, 5.41) is 15.5. The van der Waals surface area contributed by atoms with Crippen LogP contribution < -0.4 is 4.90 Å². The maximum atomic E-state index is 4.65. The fraction of sp³-hybridized carbons (Fsp3) is 0.429. The largest absolute Gasteiger partial charge is 0.351 e. The highest BCUT2D eigenvalue weighted by Crippen LogP contribution is 2.27. The predicted octanol–water partition coefficient (Wildman–Crippen LogP) is 1.65. The smallest absolute Gasteiger partial charge is 0.161 e. The summed E-state index contributed by atoms with van der Waals surface area (Å²) in [6, 6.07) is 0. The summed E-state index contributed by atoms with van der Waals surface area (Å²) in [7, 11) is 0. The molecule has 0 unspecified atom stereocenters. The van der Waals surface area contributed by atoms with Crippen LogP contribution in [-0.4, -0.2) is 36.9 Å². The van der Waals surface area contributed by atoms with E-state index in [1.54, 1.807) is 6.20 Å². The number of nitrogens with one attached hydrogen (secondary N) is 2. The Hall–Kier alpha value is -2.44. The summed E-state index contributed by atoms with van der Waals surface area (Å²) in [6.45, 7) is 5.78. The van der Waals surface area contributed by atoms with Gasteiger partial charge in [-0.3, -0.25) is 10.2 Å². The van der Waals surface area contributed by atoms with Crippen LogP contribution in [0.25, 0.3) is 11.0 Å². The van der Waals surface area contributed by atoms with Crippen molar-refractivity contribution >= 4 is 16.9 Å². The van der Waals surface area contributed by atoms with Gasteiger partial charge in [-0.15, -0.1) is 0 Å². The highest BCUT2D eigenvalue weighted by molar-refractivity contribution is 5.86. The normalized spacial score (nSPS) is 15.2. The number of H-pyrrole nitrogens is 2. The van der Waals surface area contributed by atoms with E-state index in [2.05, 4.69) is 42.2 Å². The van der Waals surface area contributed by atoms with Gasteiger partial charge in [0.1, 0.15) is 11.6 Å². The van der Waals surface area contributed by atoms with Crippen LogP contribution in [0, 0.1) is 13.8 Å². The Morgan fingerprint density at radius 2 is 2.10 bits per heavy atom. The van der Waals surface area contributed by atoms with E-state index in [4.69, 9.17) is 0 Å². The highest BCUT2D eigenvalue weighted by atomic mass is 15.2. The molecular weight excluding hydrogens is 266 g/mol. The molecule has 0 fully saturated rings. The average molecular weight is 283 g/mol. The Bertz CT molecular complexity index is 801. The number of aromatic amines is 2. The third-order valence-corrected chi connectivity index (χ3v) is 4.05. The van der Waals surface area contributed by atoms with E-state index in [-0.39, 0.29) is 0 Å². The van der Waals surface area contributed by atoms with Crippen LogP contribution in [0.2, 0.25) is 0 Å². The third-order valence-electron chi connectivity index (χ3n) is 4.05. The van der Waals surface area contributed by atoms with E-state index < -0.39 is 0 Å². The van der Waals surface area contributed by atoms with Crippen molar-refractivity contribution in [3.05, 3.63) is 29.0 Å². The quantitative estimate of drug-likeness (QED) is 0.709.